The van der Waals surface area contributed by atoms with E-state index in [1.807, 2.05) is 0 Å². The van der Waals surface area contributed by atoms with E-state index in [2.05, 4.69) is 25.9 Å². The number of fused-ring (bicyclic) bond motifs is 2. The highest BCUT2D eigenvalue weighted by Crippen LogP contribution is 2.42. The Labute approximate surface area is 221 Å². The summed E-state index contributed by atoms with van der Waals surface area (Å²) in [5, 5.41) is 30.7. The molecule has 38 heavy (non-hydrogen) atoms. The summed E-state index contributed by atoms with van der Waals surface area (Å²) in [6.45, 7) is 0. The number of phenols is 1. The van der Waals surface area contributed by atoms with E-state index >= 15 is 0 Å². The van der Waals surface area contributed by atoms with Crippen molar-refractivity contribution in [1.82, 2.24) is 9.97 Å². The molecule has 0 radical (unpaired) electrons. The number of Topliss-reactive ketones (excluding diaryl/α,β-unsaturated/α-hetero) is 1. The number of phenolic OH excluding ortho intramolecular Hbond substituents is 1. The fraction of sp³-hybridized carbons (Fsp3) is 0.0370. The van der Waals surface area contributed by atoms with Crippen molar-refractivity contribution in [2.24, 2.45) is 0 Å². The van der Waals surface area contributed by atoms with Crippen molar-refractivity contribution < 1.29 is 34.1 Å². The second-order valence-corrected chi connectivity index (χ2v) is 9.57. The summed E-state index contributed by atoms with van der Waals surface area (Å²) in [6.07, 6.45) is 0. The van der Waals surface area contributed by atoms with Crippen molar-refractivity contribution in [3.63, 3.8) is 0 Å². The first-order valence-electron chi connectivity index (χ1n) is 11.2. The third kappa shape index (κ3) is 3.71. The van der Waals surface area contributed by atoms with Gasteiger partial charge in [-0.1, -0.05) is 28.1 Å². The van der Waals surface area contributed by atoms with Gasteiger partial charge in [0.25, 0.3) is 5.91 Å². The molecule has 1 atom stereocenters. The van der Waals surface area contributed by atoms with Crippen molar-refractivity contribution >= 4 is 61.5 Å². The number of imidazole rings is 1. The zero-order valence-electron chi connectivity index (χ0n) is 19.2. The fourth-order valence-corrected chi connectivity index (χ4v) is 4.91. The number of hydrogen-bond acceptors (Lipinski definition) is 7. The molecule has 1 amide bonds. The predicted octanol–water partition coefficient (Wildman–Crippen LogP) is 5.26. The number of aromatic carboxylic acids is 1. The van der Waals surface area contributed by atoms with E-state index in [0.29, 0.717) is 27.6 Å². The van der Waals surface area contributed by atoms with Crippen LogP contribution in [0, 0.1) is 0 Å². The first-order chi connectivity index (χ1) is 18.2. The van der Waals surface area contributed by atoms with E-state index in [4.69, 9.17) is 4.42 Å². The lowest BCUT2D eigenvalue weighted by Gasteiger charge is -2.24. The molecule has 0 saturated heterocycles. The smallest absolute Gasteiger partial charge is 0.335 e. The Morgan fingerprint density at radius 2 is 1.76 bits per heavy atom. The Morgan fingerprint density at radius 1 is 1.00 bits per heavy atom. The maximum Gasteiger partial charge on any atom is 0.335 e. The zero-order chi connectivity index (χ0) is 26.7. The van der Waals surface area contributed by atoms with Gasteiger partial charge in [0, 0.05) is 9.86 Å². The van der Waals surface area contributed by atoms with Gasteiger partial charge in [0.1, 0.15) is 11.3 Å². The number of aromatic amines is 1. The van der Waals surface area contributed by atoms with Crippen molar-refractivity contribution in [3.05, 3.63) is 99.4 Å². The van der Waals surface area contributed by atoms with Gasteiger partial charge in [-0.15, -0.1) is 0 Å². The Kier molecular flexibility index (Phi) is 5.31. The fourth-order valence-electron chi connectivity index (χ4n) is 4.53. The number of anilines is 1. The van der Waals surface area contributed by atoms with E-state index < -0.39 is 29.5 Å². The number of ketones is 1. The number of rotatable bonds is 5. The maximum atomic E-state index is 13.7. The molecular formula is C27H16BrN3O7. The summed E-state index contributed by atoms with van der Waals surface area (Å²) in [4.78, 5) is 47.0. The lowest BCUT2D eigenvalue weighted by atomic mass is 9.95. The molecule has 188 valence electrons. The molecule has 1 unspecified atom stereocenters. The standard InChI is InChI=1S/C27H16BrN3O7/c28-15-4-8-19-14(9-15)11-20(38-19)23(33)21-22(12-1-5-16(32)6-2-12)31(25(35)24(21)34)27-29-17-7-3-13(26(36)37)10-18(17)30-27/h1-11,22,32,34H,(H,29,30)(H,36,37). The van der Waals surface area contributed by atoms with Crippen LogP contribution in [-0.2, 0) is 4.79 Å². The molecular weight excluding hydrogens is 558 g/mol. The average Bonchev–Trinajstić information content (AvgIpc) is 3.57. The number of aromatic hydroxyl groups is 1. The number of nitrogens with zero attached hydrogens (tertiary/aromatic N) is 2. The molecule has 3 aromatic carbocycles. The van der Waals surface area contributed by atoms with E-state index in [1.165, 1.54) is 48.5 Å². The molecule has 1 aliphatic rings. The Bertz CT molecular complexity index is 1830. The number of carbonyl (C=O) groups is 3. The van der Waals surface area contributed by atoms with Crippen LogP contribution in [0.3, 0.4) is 0 Å². The number of amides is 1. The van der Waals surface area contributed by atoms with E-state index in [-0.39, 0.29) is 28.6 Å². The number of carboxylic acid groups (broad SMARTS) is 1. The molecule has 0 bridgehead atoms. The van der Waals surface area contributed by atoms with Crippen LogP contribution in [0.5, 0.6) is 5.75 Å². The van der Waals surface area contributed by atoms with E-state index in [9.17, 15) is 29.7 Å². The first-order valence-corrected chi connectivity index (χ1v) is 12.0. The maximum absolute atomic E-state index is 13.7. The molecule has 0 spiro atoms. The number of aromatic nitrogens is 2. The quantitative estimate of drug-likeness (QED) is 0.207. The van der Waals surface area contributed by atoms with Crippen molar-refractivity contribution in [2.75, 3.05) is 4.90 Å². The molecule has 6 rings (SSSR count). The topological polar surface area (TPSA) is 157 Å². The van der Waals surface area contributed by atoms with Crippen LogP contribution in [0.25, 0.3) is 22.0 Å². The Balaban J connectivity index is 1.49. The second-order valence-electron chi connectivity index (χ2n) is 8.65. The van der Waals surface area contributed by atoms with Crippen LogP contribution in [0.4, 0.5) is 5.95 Å². The van der Waals surface area contributed by atoms with Gasteiger partial charge in [-0.25, -0.2) is 9.78 Å². The van der Waals surface area contributed by atoms with Gasteiger partial charge in [-0.05, 0) is 60.2 Å². The number of H-pyrrole nitrogens is 1. The summed E-state index contributed by atoms with van der Waals surface area (Å²) in [5.41, 5.74) is 1.37. The molecule has 2 aromatic heterocycles. The molecule has 3 heterocycles. The predicted molar refractivity (Wildman–Crippen MR) is 139 cm³/mol. The third-order valence-corrected chi connectivity index (χ3v) is 6.80. The van der Waals surface area contributed by atoms with Crippen LogP contribution in [0.2, 0.25) is 0 Å². The minimum Gasteiger partial charge on any atom is -0.508 e. The van der Waals surface area contributed by atoms with Gasteiger partial charge in [0.15, 0.2) is 11.5 Å². The normalized spacial score (nSPS) is 15.7. The van der Waals surface area contributed by atoms with Gasteiger partial charge in [-0.2, -0.15) is 0 Å². The van der Waals surface area contributed by atoms with Gasteiger partial charge >= 0.3 is 5.97 Å². The van der Waals surface area contributed by atoms with Crippen LogP contribution < -0.4 is 4.90 Å². The lowest BCUT2D eigenvalue weighted by Crippen LogP contribution is -2.32. The molecule has 0 saturated carbocycles. The largest absolute Gasteiger partial charge is 0.508 e. The number of carboxylic acids is 1. The summed E-state index contributed by atoms with van der Waals surface area (Å²) < 4.78 is 6.53. The van der Waals surface area contributed by atoms with Crippen LogP contribution in [0.1, 0.15) is 32.5 Å². The molecule has 5 aromatic rings. The van der Waals surface area contributed by atoms with Gasteiger partial charge < -0.3 is 24.7 Å². The third-order valence-electron chi connectivity index (χ3n) is 6.31. The minimum atomic E-state index is -1.13. The number of nitrogens with one attached hydrogen (secondary N) is 1. The van der Waals surface area contributed by atoms with E-state index in [1.54, 1.807) is 18.2 Å². The molecule has 0 fully saturated rings. The Morgan fingerprint density at radius 3 is 2.50 bits per heavy atom. The number of aliphatic hydroxyl groups excluding tert-OH is 1. The summed E-state index contributed by atoms with van der Waals surface area (Å²) in [7, 11) is 0. The molecule has 0 aliphatic carbocycles. The van der Waals surface area contributed by atoms with Crippen LogP contribution >= 0.6 is 15.9 Å². The molecule has 1 aliphatic heterocycles. The van der Waals surface area contributed by atoms with Crippen molar-refractivity contribution in [1.29, 1.82) is 0 Å². The monoisotopic (exact) mass is 573 g/mol. The number of benzene rings is 3. The first kappa shape index (κ1) is 23.5. The average molecular weight is 574 g/mol. The zero-order valence-corrected chi connectivity index (χ0v) is 20.8. The lowest BCUT2D eigenvalue weighted by molar-refractivity contribution is -0.117. The second kappa shape index (κ2) is 8.60. The number of aliphatic hydroxyl groups is 1. The van der Waals surface area contributed by atoms with Gasteiger partial charge in [0.2, 0.25) is 11.7 Å². The highest BCUT2D eigenvalue weighted by Gasteiger charge is 2.46. The molecule has 4 N–H and O–H groups in total. The number of hydrogen-bond donors (Lipinski definition) is 4. The number of halogens is 1. The minimum absolute atomic E-state index is 0.00602. The highest BCUT2D eigenvalue weighted by atomic mass is 79.9. The number of carbonyl (C=O) groups excluding carboxylic acids is 2. The molecule has 10 nitrogen and oxygen atoms in total. The summed E-state index contributed by atoms with van der Waals surface area (Å²) >= 11 is 3.38. The van der Waals surface area contributed by atoms with E-state index in [0.717, 1.165) is 9.37 Å². The van der Waals surface area contributed by atoms with Crippen molar-refractivity contribution in [2.45, 2.75) is 6.04 Å². The summed E-state index contributed by atoms with van der Waals surface area (Å²) in [6, 6.07) is 15.7. The number of furan rings is 1. The SMILES string of the molecule is O=C(O)c1ccc2nc(N3C(=O)C(O)=C(C(=O)c4cc5cc(Br)ccc5o4)C3c3ccc(O)cc3)[nH]c2c1. The Hall–Kier alpha value is -4.90. The summed E-state index contributed by atoms with van der Waals surface area (Å²) in [5.74, 6) is -3.61. The van der Waals surface area contributed by atoms with Crippen LogP contribution in [0.15, 0.2) is 87.0 Å². The van der Waals surface area contributed by atoms with Crippen molar-refractivity contribution in [3.8, 4) is 5.75 Å². The van der Waals surface area contributed by atoms with Gasteiger partial charge in [-0.3, -0.25) is 14.5 Å². The van der Waals surface area contributed by atoms with Crippen LogP contribution in [-0.4, -0.2) is 42.9 Å². The van der Waals surface area contributed by atoms with Gasteiger partial charge in [0.05, 0.1) is 28.2 Å². The highest BCUT2D eigenvalue weighted by molar-refractivity contribution is 9.10. The molecule has 11 heteroatoms.